The molecule has 0 amide bonds. The number of ether oxygens (including phenoxy) is 2. The van der Waals surface area contributed by atoms with Crippen LogP contribution in [-0.4, -0.2) is 84.7 Å². The number of nitrogens with zero attached hydrogens (tertiary/aromatic N) is 2. The summed E-state index contributed by atoms with van der Waals surface area (Å²) >= 11 is 0. The van der Waals surface area contributed by atoms with Crippen LogP contribution in [0.15, 0.2) is 48.5 Å². The van der Waals surface area contributed by atoms with Crippen molar-refractivity contribution in [2.24, 2.45) is 0 Å². The van der Waals surface area contributed by atoms with Crippen molar-refractivity contribution in [3.63, 3.8) is 0 Å². The van der Waals surface area contributed by atoms with E-state index in [0.717, 1.165) is 37.7 Å². The van der Waals surface area contributed by atoms with E-state index >= 15 is 0 Å². The van der Waals surface area contributed by atoms with E-state index < -0.39 is 12.2 Å². The van der Waals surface area contributed by atoms with Crippen molar-refractivity contribution < 1.29 is 19.7 Å². The standard InChI is InChI=1S/C24H34N2O4/c1-19-3-7-23(8-4-19)29-17-21(27)15-25-11-13-26(14-12-25)16-22(28)18-30-24-9-5-20(2)6-10-24/h3-10,21-22,27-28H,11-18H2,1-2H3/t21-,22-/m1/s1. The summed E-state index contributed by atoms with van der Waals surface area (Å²) in [4.78, 5) is 4.49. The zero-order valence-electron chi connectivity index (χ0n) is 18.0. The summed E-state index contributed by atoms with van der Waals surface area (Å²) in [5, 5.41) is 20.6. The molecule has 2 aromatic carbocycles. The third-order valence-electron chi connectivity index (χ3n) is 5.33. The number of piperazine rings is 1. The molecule has 0 aromatic heterocycles. The van der Waals surface area contributed by atoms with Crippen molar-refractivity contribution in [1.29, 1.82) is 0 Å². The minimum atomic E-state index is -0.522. The Kier molecular flexibility index (Phi) is 8.51. The van der Waals surface area contributed by atoms with Crippen molar-refractivity contribution >= 4 is 0 Å². The van der Waals surface area contributed by atoms with Gasteiger partial charge < -0.3 is 19.7 Å². The van der Waals surface area contributed by atoms with Gasteiger partial charge >= 0.3 is 0 Å². The molecule has 0 aliphatic carbocycles. The summed E-state index contributed by atoms with van der Waals surface area (Å²) in [6.07, 6.45) is -1.04. The molecule has 1 aliphatic heterocycles. The maximum atomic E-state index is 10.3. The van der Waals surface area contributed by atoms with Crippen LogP contribution in [0.5, 0.6) is 11.5 Å². The first-order chi connectivity index (χ1) is 14.5. The fraction of sp³-hybridized carbons (Fsp3) is 0.500. The second-order valence-corrected chi connectivity index (χ2v) is 8.16. The van der Waals surface area contributed by atoms with E-state index in [1.54, 1.807) is 0 Å². The number of rotatable bonds is 10. The highest BCUT2D eigenvalue weighted by Gasteiger charge is 2.21. The van der Waals surface area contributed by atoms with Crippen molar-refractivity contribution in [2.75, 3.05) is 52.5 Å². The van der Waals surface area contributed by atoms with Crippen LogP contribution in [0.3, 0.4) is 0 Å². The lowest BCUT2D eigenvalue weighted by atomic mass is 10.2. The molecule has 164 valence electrons. The first-order valence-electron chi connectivity index (χ1n) is 10.7. The molecule has 1 fully saturated rings. The molecular weight excluding hydrogens is 380 g/mol. The Hall–Kier alpha value is -2.12. The lowest BCUT2D eigenvalue weighted by Crippen LogP contribution is -2.51. The molecule has 0 bridgehead atoms. The van der Waals surface area contributed by atoms with E-state index in [9.17, 15) is 10.2 Å². The molecule has 2 atom stereocenters. The number of aryl methyl sites for hydroxylation is 2. The average molecular weight is 415 g/mol. The van der Waals surface area contributed by atoms with Gasteiger partial charge in [0.05, 0.1) is 0 Å². The summed E-state index contributed by atoms with van der Waals surface area (Å²) < 4.78 is 11.3. The first kappa shape index (κ1) is 22.6. The van der Waals surface area contributed by atoms with Crippen LogP contribution in [0.2, 0.25) is 0 Å². The van der Waals surface area contributed by atoms with Crippen LogP contribution in [0.1, 0.15) is 11.1 Å². The van der Waals surface area contributed by atoms with E-state index in [4.69, 9.17) is 9.47 Å². The molecule has 6 nitrogen and oxygen atoms in total. The first-order valence-corrected chi connectivity index (χ1v) is 10.7. The van der Waals surface area contributed by atoms with E-state index in [0.29, 0.717) is 26.3 Å². The zero-order chi connectivity index (χ0) is 21.3. The Balaban J connectivity index is 1.30. The van der Waals surface area contributed by atoms with Gasteiger partial charge in [0.1, 0.15) is 36.9 Å². The highest BCUT2D eigenvalue weighted by molar-refractivity contribution is 5.27. The van der Waals surface area contributed by atoms with E-state index in [1.807, 2.05) is 62.4 Å². The van der Waals surface area contributed by atoms with E-state index in [-0.39, 0.29) is 0 Å². The molecule has 3 rings (SSSR count). The fourth-order valence-electron chi connectivity index (χ4n) is 3.51. The van der Waals surface area contributed by atoms with Crippen LogP contribution in [0, 0.1) is 13.8 Å². The summed E-state index contributed by atoms with van der Waals surface area (Å²) in [5.41, 5.74) is 2.38. The van der Waals surface area contributed by atoms with Gasteiger partial charge in [0.2, 0.25) is 0 Å². The van der Waals surface area contributed by atoms with Crippen molar-refractivity contribution in [3.8, 4) is 11.5 Å². The molecule has 1 saturated heterocycles. The maximum absolute atomic E-state index is 10.3. The summed E-state index contributed by atoms with van der Waals surface area (Å²) in [5.74, 6) is 1.57. The van der Waals surface area contributed by atoms with Gasteiger partial charge in [-0.05, 0) is 38.1 Å². The second kappa shape index (κ2) is 11.3. The number of aliphatic hydroxyl groups excluding tert-OH is 2. The topological polar surface area (TPSA) is 65.4 Å². The molecule has 0 spiro atoms. The van der Waals surface area contributed by atoms with Gasteiger partial charge in [-0.3, -0.25) is 9.80 Å². The Morgan fingerprint density at radius 1 is 0.667 bits per heavy atom. The summed E-state index contributed by atoms with van der Waals surface area (Å²) in [7, 11) is 0. The monoisotopic (exact) mass is 414 g/mol. The zero-order valence-corrected chi connectivity index (χ0v) is 18.0. The molecule has 0 unspecified atom stereocenters. The molecule has 0 saturated carbocycles. The number of aliphatic hydroxyl groups is 2. The number of hydrogen-bond donors (Lipinski definition) is 2. The molecule has 6 heteroatoms. The van der Waals surface area contributed by atoms with E-state index in [2.05, 4.69) is 9.80 Å². The normalized spacial score (nSPS) is 17.5. The van der Waals surface area contributed by atoms with Gasteiger partial charge in [-0.15, -0.1) is 0 Å². The quantitative estimate of drug-likeness (QED) is 0.621. The highest BCUT2D eigenvalue weighted by atomic mass is 16.5. The largest absolute Gasteiger partial charge is 0.491 e. The van der Waals surface area contributed by atoms with E-state index in [1.165, 1.54) is 11.1 Å². The molecule has 2 N–H and O–H groups in total. The third-order valence-corrected chi connectivity index (χ3v) is 5.33. The van der Waals surface area contributed by atoms with Crippen LogP contribution in [-0.2, 0) is 0 Å². The predicted molar refractivity (Wildman–Crippen MR) is 118 cm³/mol. The van der Waals surface area contributed by atoms with Gasteiger partial charge in [0, 0.05) is 39.3 Å². The fourth-order valence-corrected chi connectivity index (χ4v) is 3.51. The van der Waals surface area contributed by atoms with Crippen molar-refractivity contribution in [2.45, 2.75) is 26.1 Å². The Morgan fingerprint density at radius 3 is 1.33 bits per heavy atom. The van der Waals surface area contributed by atoms with Gasteiger partial charge in [-0.2, -0.15) is 0 Å². The molecule has 1 heterocycles. The maximum Gasteiger partial charge on any atom is 0.119 e. The van der Waals surface area contributed by atoms with Gasteiger partial charge in [0.15, 0.2) is 0 Å². The van der Waals surface area contributed by atoms with Gasteiger partial charge in [-0.1, -0.05) is 35.4 Å². The highest BCUT2D eigenvalue weighted by Crippen LogP contribution is 2.13. The van der Waals surface area contributed by atoms with Crippen molar-refractivity contribution in [3.05, 3.63) is 59.7 Å². The third kappa shape index (κ3) is 7.61. The number of benzene rings is 2. The van der Waals surface area contributed by atoms with Crippen molar-refractivity contribution in [1.82, 2.24) is 9.80 Å². The minimum absolute atomic E-state index is 0.290. The predicted octanol–water partition coefficient (Wildman–Crippen LogP) is 2.10. The molecule has 30 heavy (non-hydrogen) atoms. The van der Waals surface area contributed by atoms with Gasteiger partial charge in [-0.25, -0.2) is 0 Å². The summed E-state index contributed by atoms with van der Waals surface area (Å²) in [6, 6.07) is 15.7. The lowest BCUT2D eigenvalue weighted by molar-refractivity contribution is 0.0240. The molecule has 2 aromatic rings. The minimum Gasteiger partial charge on any atom is -0.491 e. The SMILES string of the molecule is Cc1ccc(OC[C@H](O)CN2CCN(C[C@@H](O)COc3ccc(C)cc3)CC2)cc1. The van der Waals surface area contributed by atoms with Crippen LogP contribution in [0.4, 0.5) is 0 Å². The molecule has 0 radical (unpaired) electrons. The molecule has 1 aliphatic rings. The summed E-state index contributed by atoms with van der Waals surface area (Å²) in [6.45, 7) is 9.32. The number of β-amino-alcohol motifs (C(OH)–C–C–N with tert-alkyl or cyclic N) is 2. The smallest absolute Gasteiger partial charge is 0.119 e. The van der Waals surface area contributed by atoms with Crippen LogP contribution < -0.4 is 9.47 Å². The van der Waals surface area contributed by atoms with Crippen LogP contribution >= 0.6 is 0 Å². The lowest BCUT2D eigenvalue weighted by Gasteiger charge is -2.36. The average Bonchev–Trinajstić information content (AvgIpc) is 2.74. The molecular formula is C24H34N2O4. The van der Waals surface area contributed by atoms with Gasteiger partial charge in [0.25, 0.3) is 0 Å². The Bertz CT molecular complexity index is 677. The van der Waals surface area contributed by atoms with Crippen LogP contribution in [0.25, 0.3) is 0 Å². The number of hydrogen-bond acceptors (Lipinski definition) is 6. The Morgan fingerprint density at radius 2 is 1.00 bits per heavy atom. The second-order valence-electron chi connectivity index (χ2n) is 8.16. The Labute approximate surface area is 179 Å².